The second-order valence-corrected chi connectivity index (χ2v) is 13.2. The lowest BCUT2D eigenvalue weighted by atomic mass is 9.81. The van der Waals surface area contributed by atoms with Gasteiger partial charge in [0.25, 0.3) is 0 Å². The van der Waals surface area contributed by atoms with Crippen molar-refractivity contribution in [2.45, 2.75) is 19.3 Å². The third kappa shape index (κ3) is 3.64. The van der Waals surface area contributed by atoms with Crippen LogP contribution in [0.4, 0.5) is 0 Å². The lowest BCUT2D eigenvalue weighted by molar-refractivity contribution is 0.660. The first-order valence-electron chi connectivity index (χ1n) is 16.2. The van der Waals surface area contributed by atoms with E-state index in [4.69, 9.17) is 10.2 Å². The Hall–Kier alpha value is -6.00. The summed E-state index contributed by atoms with van der Waals surface area (Å²) in [5.74, 6) is 0.828. The number of hydrogen-bond acceptors (Lipinski definition) is 2. The minimum Gasteiger partial charge on any atom is -0.309 e. The minimum absolute atomic E-state index is 0.0678. The van der Waals surface area contributed by atoms with Crippen LogP contribution < -0.4 is 0 Å². The van der Waals surface area contributed by atoms with Gasteiger partial charge in [-0.05, 0) is 75.7 Å². The molecule has 3 aromatic heterocycles. The second-order valence-electron chi connectivity index (χ2n) is 13.2. The average molecular weight is 603 g/mol. The Morgan fingerprint density at radius 1 is 0.489 bits per heavy atom. The zero-order valence-electron chi connectivity index (χ0n) is 26.1. The molecule has 3 heterocycles. The van der Waals surface area contributed by atoms with Gasteiger partial charge in [0, 0.05) is 44.6 Å². The molecule has 0 N–H and O–H groups in total. The van der Waals surface area contributed by atoms with E-state index in [1.165, 1.54) is 60.6 Å². The van der Waals surface area contributed by atoms with Crippen molar-refractivity contribution in [1.82, 2.24) is 19.2 Å². The van der Waals surface area contributed by atoms with Crippen LogP contribution >= 0.6 is 0 Å². The SMILES string of the molecule is CC1(C)c2ccccc2-c2ccc(-c3cn4c(-c5ccc(-n6c7ccccc7c7ccccc76)cc5)nnc4c4ccccc34)cc21. The van der Waals surface area contributed by atoms with E-state index in [1.807, 2.05) is 0 Å². The summed E-state index contributed by atoms with van der Waals surface area (Å²) in [4.78, 5) is 0. The molecule has 1 aliphatic carbocycles. The van der Waals surface area contributed by atoms with E-state index >= 15 is 0 Å². The van der Waals surface area contributed by atoms with Crippen molar-refractivity contribution < 1.29 is 0 Å². The maximum absolute atomic E-state index is 4.76. The minimum atomic E-state index is -0.0678. The summed E-state index contributed by atoms with van der Waals surface area (Å²) in [5.41, 5.74) is 13.1. The fourth-order valence-corrected chi connectivity index (χ4v) is 7.97. The van der Waals surface area contributed by atoms with Crippen molar-refractivity contribution in [2.75, 3.05) is 0 Å². The van der Waals surface area contributed by atoms with Crippen LogP contribution in [0.3, 0.4) is 0 Å². The summed E-state index contributed by atoms with van der Waals surface area (Å²) < 4.78 is 4.51. The first-order valence-corrected chi connectivity index (χ1v) is 16.2. The molecule has 47 heavy (non-hydrogen) atoms. The van der Waals surface area contributed by atoms with Gasteiger partial charge in [-0.25, -0.2) is 0 Å². The first-order chi connectivity index (χ1) is 23.1. The van der Waals surface area contributed by atoms with Gasteiger partial charge in [0.2, 0.25) is 0 Å². The van der Waals surface area contributed by atoms with Gasteiger partial charge in [0.05, 0.1) is 11.0 Å². The van der Waals surface area contributed by atoms with Gasteiger partial charge in [-0.2, -0.15) is 0 Å². The molecule has 4 nitrogen and oxygen atoms in total. The Kier molecular flexibility index (Phi) is 5.31. The quantitative estimate of drug-likeness (QED) is 0.202. The number of hydrogen-bond donors (Lipinski definition) is 0. The summed E-state index contributed by atoms with van der Waals surface area (Å²) in [6.07, 6.45) is 2.23. The molecule has 9 aromatic rings. The lowest BCUT2D eigenvalue weighted by Gasteiger charge is -2.22. The van der Waals surface area contributed by atoms with Crippen molar-refractivity contribution in [3.63, 3.8) is 0 Å². The molecule has 4 heteroatoms. The molecule has 1 aliphatic rings. The van der Waals surface area contributed by atoms with E-state index in [0.29, 0.717) is 0 Å². The average Bonchev–Trinajstić information content (AvgIpc) is 3.77. The molecule has 0 saturated heterocycles. The van der Waals surface area contributed by atoms with Gasteiger partial charge >= 0.3 is 0 Å². The topological polar surface area (TPSA) is 35.1 Å². The molecule has 0 radical (unpaired) electrons. The highest BCUT2D eigenvalue weighted by atomic mass is 15.2. The molecule has 0 bridgehead atoms. The van der Waals surface area contributed by atoms with Crippen molar-refractivity contribution in [3.05, 3.63) is 157 Å². The van der Waals surface area contributed by atoms with Gasteiger partial charge in [-0.15, -0.1) is 10.2 Å². The molecule has 0 atom stereocenters. The molecule has 0 unspecified atom stereocenters. The highest BCUT2D eigenvalue weighted by Crippen LogP contribution is 2.50. The third-order valence-corrected chi connectivity index (χ3v) is 10.3. The normalized spacial score (nSPS) is 13.5. The molecule has 0 aliphatic heterocycles. The highest BCUT2D eigenvalue weighted by molar-refractivity contribution is 6.09. The van der Waals surface area contributed by atoms with Crippen LogP contribution in [0, 0.1) is 0 Å². The first kappa shape index (κ1) is 26.2. The standard InChI is InChI=1S/C43H30N4/c1-43(2)37-16-8-5-12-31(37)32-24-21-28(25-38(32)43)36-26-46-41(44-45-42(46)35-15-4-3-11-30(35)36)27-19-22-29(23-20-27)47-39-17-9-6-13-33(39)34-14-7-10-18-40(34)47/h3-26H,1-2H3. The number of benzene rings is 6. The van der Waals surface area contributed by atoms with E-state index in [2.05, 4.69) is 169 Å². The number of para-hydroxylation sites is 2. The van der Waals surface area contributed by atoms with Gasteiger partial charge < -0.3 is 4.57 Å². The van der Waals surface area contributed by atoms with E-state index in [1.54, 1.807) is 0 Å². The summed E-state index contributed by atoms with van der Waals surface area (Å²) >= 11 is 0. The van der Waals surface area contributed by atoms with Gasteiger partial charge in [0.1, 0.15) is 0 Å². The summed E-state index contributed by atoms with van der Waals surface area (Å²) in [7, 11) is 0. The molecule has 0 amide bonds. The van der Waals surface area contributed by atoms with E-state index in [-0.39, 0.29) is 5.41 Å². The van der Waals surface area contributed by atoms with Gasteiger partial charge in [-0.3, -0.25) is 4.40 Å². The smallest absolute Gasteiger partial charge is 0.169 e. The van der Waals surface area contributed by atoms with Crippen LogP contribution in [-0.2, 0) is 5.41 Å². The number of rotatable bonds is 3. The third-order valence-electron chi connectivity index (χ3n) is 10.3. The van der Waals surface area contributed by atoms with E-state index in [9.17, 15) is 0 Å². The van der Waals surface area contributed by atoms with E-state index in [0.717, 1.165) is 28.1 Å². The van der Waals surface area contributed by atoms with Crippen molar-refractivity contribution >= 4 is 38.2 Å². The van der Waals surface area contributed by atoms with Crippen molar-refractivity contribution in [2.24, 2.45) is 0 Å². The predicted octanol–water partition coefficient (Wildman–Crippen LogP) is 10.6. The summed E-state index contributed by atoms with van der Waals surface area (Å²) in [5, 5.41) is 14.3. The van der Waals surface area contributed by atoms with Gasteiger partial charge in [0.15, 0.2) is 11.5 Å². The molecule has 0 fully saturated rings. The number of aromatic nitrogens is 4. The van der Waals surface area contributed by atoms with Gasteiger partial charge in [-0.1, -0.05) is 111 Å². The fraction of sp³-hybridized carbons (Fsp3) is 0.0698. The van der Waals surface area contributed by atoms with Crippen LogP contribution in [0.2, 0.25) is 0 Å². The van der Waals surface area contributed by atoms with Crippen molar-refractivity contribution in [3.8, 4) is 39.3 Å². The molecular formula is C43H30N4. The Labute approximate surface area is 272 Å². The van der Waals surface area contributed by atoms with Crippen LogP contribution in [-0.4, -0.2) is 19.2 Å². The van der Waals surface area contributed by atoms with Crippen LogP contribution in [0.1, 0.15) is 25.0 Å². The molecular weight excluding hydrogens is 573 g/mol. The fourth-order valence-electron chi connectivity index (χ4n) is 7.97. The maximum Gasteiger partial charge on any atom is 0.169 e. The lowest BCUT2D eigenvalue weighted by Crippen LogP contribution is -2.14. The Balaban J connectivity index is 1.13. The monoisotopic (exact) mass is 602 g/mol. The molecule has 0 spiro atoms. The Bertz CT molecular complexity index is 2650. The largest absolute Gasteiger partial charge is 0.309 e. The van der Waals surface area contributed by atoms with Crippen LogP contribution in [0.15, 0.2) is 146 Å². The molecule has 222 valence electrons. The summed E-state index contributed by atoms with van der Waals surface area (Å²) in [6.45, 7) is 4.67. The number of pyridine rings is 1. The van der Waals surface area contributed by atoms with Crippen LogP contribution in [0.25, 0.3) is 77.6 Å². The molecule has 6 aromatic carbocycles. The highest BCUT2D eigenvalue weighted by Gasteiger charge is 2.35. The zero-order valence-corrected chi connectivity index (χ0v) is 26.1. The molecule has 10 rings (SSSR count). The zero-order chi connectivity index (χ0) is 31.3. The number of nitrogens with zero attached hydrogens (tertiary/aromatic N) is 4. The predicted molar refractivity (Wildman–Crippen MR) is 193 cm³/mol. The number of fused-ring (bicyclic) bond motifs is 9. The Morgan fingerprint density at radius 3 is 1.83 bits per heavy atom. The summed E-state index contributed by atoms with van der Waals surface area (Å²) in [6, 6.07) is 50.3. The Morgan fingerprint density at radius 2 is 1.09 bits per heavy atom. The maximum atomic E-state index is 4.76. The van der Waals surface area contributed by atoms with E-state index < -0.39 is 0 Å². The van der Waals surface area contributed by atoms with Crippen molar-refractivity contribution in [1.29, 1.82) is 0 Å². The molecule has 0 saturated carbocycles. The van der Waals surface area contributed by atoms with Crippen LogP contribution in [0.5, 0.6) is 0 Å². The second kappa shape index (κ2) is 9.51.